The number of fused-ring (bicyclic) bond motifs is 5. The zero-order valence-electron chi connectivity index (χ0n) is 32.2. The Morgan fingerprint density at radius 1 is 1.02 bits per heavy atom. The van der Waals surface area contributed by atoms with Crippen LogP contribution < -0.4 is 21.6 Å². The summed E-state index contributed by atoms with van der Waals surface area (Å²) in [6.45, 7) is 6.65. The number of aliphatic hydroxyl groups excluding tert-OH is 1. The van der Waals surface area contributed by atoms with Crippen molar-refractivity contribution in [3.63, 3.8) is 0 Å². The highest BCUT2D eigenvalue weighted by molar-refractivity contribution is 5.88. The number of aromatic nitrogens is 2. The summed E-state index contributed by atoms with van der Waals surface area (Å²) in [5.41, 5.74) is 16.1. The predicted octanol–water partition coefficient (Wildman–Crippen LogP) is 5.22. The van der Waals surface area contributed by atoms with Crippen LogP contribution in [0, 0.1) is 12.8 Å². The molecule has 9 rings (SSSR count). The summed E-state index contributed by atoms with van der Waals surface area (Å²) >= 11 is 0. The third-order valence-electron chi connectivity index (χ3n) is 12.0. The molecule has 6 N–H and O–H groups in total. The topological polar surface area (TPSA) is 212 Å². The number of nitrogens with two attached hydrogens (primary N) is 2. The SMILES string of the molecule is Cc1cc(=O)c2c(O)c3c(cc2o1)OC(C)(C)C1OC(=O)C2(OC2CCc2cc(N)nc(-c4cc(N)nc(CN5C=C6N=CC=C6C5)c4)c2)C(CCCO)CCC31. The Hall–Kier alpha value is -5.73. The van der Waals surface area contributed by atoms with Crippen molar-refractivity contribution >= 4 is 34.8 Å². The van der Waals surface area contributed by atoms with Gasteiger partial charge in [-0.1, -0.05) is 0 Å². The normalized spacial score (nSPS) is 25.5. The van der Waals surface area contributed by atoms with E-state index in [2.05, 4.69) is 19.9 Å². The first-order valence-corrected chi connectivity index (χ1v) is 19.5. The Bertz CT molecular complexity index is 2470. The first kappa shape index (κ1) is 36.9. The van der Waals surface area contributed by atoms with Gasteiger partial charge < -0.3 is 45.2 Å². The molecule has 8 heterocycles. The van der Waals surface area contributed by atoms with Crippen molar-refractivity contribution in [3.8, 4) is 22.8 Å². The fourth-order valence-electron chi connectivity index (χ4n) is 9.45. The molecule has 5 atom stereocenters. The van der Waals surface area contributed by atoms with Crippen molar-refractivity contribution in [2.45, 2.75) is 95.2 Å². The van der Waals surface area contributed by atoms with Crippen LogP contribution in [0.3, 0.4) is 0 Å². The fraction of sp³-hybridized carbons (Fsp3) is 0.419. The number of nitrogens with zero attached hydrogens (tertiary/aromatic N) is 4. The minimum atomic E-state index is -1.21. The second-order valence-electron chi connectivity index (χ2n) is 16.4. The van der Waals surface area contributed by atoms with Gasteiger partial charge in [-0.3, -0.25) is 9.79 Å². The monoisotopic (exact) mass is 774 g/mol. The summed E-state index contributed by atoms with van der Waals surface area (Å²) in [5.74, 6) is 0.0935. The molecule has 5 unspecified atom stereocenters. The van der Waals surface area contributed by atoms with Gasteiger partial charge in [0, 0.05) is 66.2 Å². The number of epoxide rings is 1. The number of carbonyl (C=O) groups is 1. The van der Waals surface area contributed by atoms with E-state index in [0.29, 0.717) is 79.5 Å². The summed E-state index contributed by atoms with van der Waals surface area (Å²) < 4.78 is 25.1. The van der Waals surface area contributed by atoms with Crippen LogP contribution in [0.25, 0.3) is 22.2 Å². The van der Waals surface area contributed by atoms with E-state index in [9.17, 15) is 19.8 Å². The van der Waals surface area contributed by atoms with Crippen molar-refractivity contribution in [2.24, 2.45) is 10.9 Å². The number of aromatic hydroxyl groups is 1. The Morgan fingerprint density at radius 2 is 1.84 bits per heavy atom. The smallest absolute Gasteiger partial charge is 0.341 e. The predicted molar refractivity (Wildman–Crippen MR) is 213 cm³/mol. The van der Waals surface area contributed by atoms with Gasteiger partial charge in [0.15, 0.2) is 11.0 Å². The number of ether oxygens (including phenoxy) is 3. The highest BCUT2D eigenvalue weighted by Crippen LogP contribution is 2.57. The molecular formula is C43H46N6O8. The minimum Gasteiger partial charge on any atom is -0.507 e. The molecule has 5 aliphatic heterocycles. The van der Waals surface area contributed by atoms with Gasteiger partial charge in [-0.05, 0) is 95.2 Å². The molecule has 0 aliphatic carbocycles. The molecule has 5 aliphatic rings. The maximum atomic E-state index is 14.5. The molecule has 2 fully saturated rings. The molecule has 0 amide bonds. The summed E-state index contributed by atoms with van der Waals surface area (Å²) in [4.78, 5) is 43.3. The Balaban J connectivity index is 0.957. The number of hydrogen-bond acceptors (Lipinski definition) is 14. The lowest BCUT2D eigenvalue weighted by Gasteiger charge is -2.46. The van der Waals surface area contributed by atoms with Gasteiger partial charge in [0.2, 0.25) is 0 Å². The van der Waals surface area contributed by atoms with Gasteiger partial charge >= 0.3 is 5.97 Å². The van der Waals surface area contributed by atoms with Gasteiger partial charge in [-0.25, -0.2) is 14.8 Å². The van der Waals surface area contributed by atoms with Crippen LogP contribution >= 0.6 is 0 Å². The van der Waals surface area contributed by atoms with E-state index in [4.69, 9.17) is 30.1 Å². The van der Waals surface area contributed by atoms with Crippen LogP contribution in [0.2, 0.25) is 0 Å². The number of carbonyl (C=O) groups excluding carboxylic acids is 1. The highest BCUT2D eigenvalue weighted by atomic mass is 16.7. The number of phenolic OH excluding ortho intramolecular Hbond substituents is 1. The number of benzene rings is 1. The van der Waals surface area contributed by atoms with E-state index in [1.54, 1.807) is 19.1 Å². The average molecular weight is 775 g/mol. The van der Waals surface area contributed by atoms with Crippen molar-refractivity contribution in [1.29, 1.82) is 0 Å². The summed E-state index contributed by atoms with van der Waals surface area (Å²) in [7, 11) is 0. The average Bonchev–Trinajstić information content (AvgIpc) is 3.51. The maximum absolute atomic E-state index is 14.5. The van der Waals surface area contributed by atoms with E-state index < -0.39 is 35.3 Å². The molecule has 14 nitrogen and oxygen atoms in total. The van der Waals surface area contributed by atoms with Crippen LogP contribution in [0.4, 0.5) is 11.6 Å². The Morgan fingerprint density at radius 3 is 2.65 bits per heavy atom. The van der Waals surface area contributed by atoms with Crippen LogP contribution in [0.5, 0.6) is 11.5 Å². The first-order chi connectivity index (χ1) is 27.3. The van der Waals surface area contributed by atoms with Gasteiger partial charge in [-0.2, -0.15) is 0 Å². The molecule has 1 aromatic carbocycles. The second-order valence-corrected chi connectivity index (χ2v) is 16.4. The molecule has 0 bridgehead atoms. The number of aliphatic imine (C=N–C) groups is 1. The number of rotatable bonds is 9. The first-order valence-electron chi connectivity index (χ1n) is 19.5. The molecule has 57 heavy (non-hydrogen) atoms. The van der Waals surface area contributed by atoms with E-state index in [-0.39, 0.29) is 34.7 Å². The lowest BCUT2D eigenvalue weighted by atomic mass is 9.72. The fourth-order valence-corrected chi connectivity index (χ4v) is 9.45. The van der Waals surface area contributed by atoms with E-state index in [0.717, 1.165) is 29.1 Å². The number of aliphatic hydroxyl groups is 1. The molecule has 3 aromatic heterocycles. The molecule has 4 aromatic rings. The largest absolute Gasteiger partial charge is 0.507 e. The summed E-state index contributed by atoms with van der Waals surface area (Å²) in [5, 5.41) is 21.5. The number of allylic oxidation sites excluding steroid dienone is 1. The van der Waals surface area contributed by atoms with Crippen molar-refractivity contribution < 1.29 is 33.6 Å². The minimum absolute atomic E-state index is 0.0350. The van der Waals surface area contributed by atoms with Gasteiger partial charge in [-0.15, -0.1) is 0 Å². The highest BCUT2D eigenvalue weighted by Gasteiger charge is 2.69. The van der Waals surface area contributed by atoms with E-state index in [1.165, 1.54) is 11.6 Å². The number of pyridine rings is 2. The van der Waals surface area contributed by atoms with Crippen molar-refractivity contribution in [3.05, 3.63) is 92.7 Å². The summed E-state index contributed by atoms with van der Waals surface area (Å²) in [6.07, 6.45) is 7.78. The lowest BCUT2D eigenvalue weighted by Crippen LogP contribution is -2.54. The molecule has 1 spiro atoms. The van der Waals surface area contributed by atoms with Crippen molar-refractivity contribution in [1.82, 2.24) is 14.9 Å². The van der Waals surface area contributed by atoms with Gasteiger partial charge in [0.05, 0.1) is 29.7 Å². The zero-order chi connectivity index (χ0) is 39.8. The number of esters is 1. The second kappa shape index (κ2) is 13.7. The number of nitrogen functional groups attached to an aromatic ring is 2. The van der Waals surface area contributed by atoms with Crippen LogP contribution in [-0.2, 0) is 27.2 Å². The molecule has 0 saturated carbocycles. The number of phenols is 1. The van der Waals surface area contributed by atoms with Gasteiger partial charge in [0.1, 0.15) is 51.6 Å². The Labute approximate surface area is 328 Å². The third kappa shape index (κ3) is 6.50. The Kier molecular flexibility index (Phi) is 8.89. The molecule has 14 heteroatoms. The van der Waals surface area contributed by atoms with Crippen LogP contribution in [0.15, 0.2) is 74.1 Å². The summed E-state index contributed by atoms with van der Waals surface area (Å²) in [6, 6.07) is 10.6. The van der Waals surface area contributed by atoms with Crippen LogP contribution in [0.1, 0.15) is 74.5 Å². The zero-order valence-corrected chi connectivity index (χ0v) is 32.2. The molecule has 296 valence electrons. The number of hydrogen-bond donors (Lipinski definition) is 4. The maximum Gasteiger partial charge on any atom is 0.341 e. The quantitative estimate of drug-likeness (QED) is 0.127. The van der Waals surface area contributed by atoms with E-state index >= 15 is 0 Å². The van der Waals surface area contributed by atoms with E-state index in [1.807, 2.05) is 50.5 Å². The van der Waals surface area contributed by atoms with Gasteiger partial charge in [0.25, 0.3) is 0 Å². The molecular weight excluding hydrogens is 729 g/mol. The van der Waals surface area contributed by atoms with Crippen LogP contribution in [-0.4, -0.2) is 73.8 Å². The number of aryl methyl sites for hydroxylation is 2. The lowest BCUT2D eigenvalue weighted by molar-refractivity contribution is -0.176. The molecule has 2 saturated heterocycles. The van der Waals surface area contributed by atoms with Crippen molar-refractivity contribution in [2.75, 3.05) is 24.6 Å². The molecule has 0 radical (unpaired) electrons. The number of anilines is 2. The standard InChI is InChI=1S/C43H46N6O8/c1-22-13-31(51)38-32(54-22)18-33-37(39(38)52)28-8-7-26(5-4-12-50)43(41(53)55-40(28)42(2,3)56-33)34(57-43)9-6-23-14-29(48-35(44)15-23)25-16-27(47-36(45)17-25)20-49-19-24-10-11-46-30(24)21-49/h10-11,13-18,21,26,28,34,40,50,52H,4-9,12,19-20H2,1-3H3,(H2,44,48)(H2,45,47). The third-order valence-corrected chi connectivity index (χ3v) is 12.0.